The van der Waals surface area contributed by atoms with Gasteiger partial charge in [-0.3, -0.25) is 19.6 Å². The molecule has 0 aliphatic carbocycles. The minimum atomic E-state index is -0.116. The van der Waals surface area contributed by atoms with Gasteiger partial charge in [-0.25, -0.2) is 0 Å². The predicted octanol–water partition coefficient (Wildman–Crippen LogP) is 6.12. The fourth-order valence-corrected chi connectivity index (χ4v) is 7.07. The first-order valence-electron chi connectivity index (χ1n) is 16.5. The van der Waals surface area contributed by atoms with Crippen LogP contribution in [0.15, 0.2) is 82.8 Å². The van der Waals surface area contributed by atoms with Crippen LogP contribution < -0.4 is 18.9 Å². The molecule has 248 valence electrons. The Bertz CT molecular complexity index is 1880. The van der Waals surface area contributed by atoms with Crippen LogP contribution in [0.25, 0.3) is 0 Å². The van der Waals surface area contributed by atoms with Crippen molar-refractivity contribution in [2.45, 2.75) is 44.4 Å². The second-order valence-corrected chi connectivity index (χ2v) is 12.6. The Balaban J connectivity index is 0.933. The highest BCUT2D eigenvalue weighted by atomic mass is 16.5. The van der Waals surface area contributed by atoms with Gasteiger partial charge in [-0.1, -0.05) is 48.5 Å². The van der Waals surface area contributed by atoms with Gasteiger partial charge in [0, 0.05) is 44.1 Å². The first-order valence-corrected chi connectivity index (χ1v) is 16.5. The minimum absolute atomic E-state index is 0.0768. The molecule has 0 N–H and O–H groups in total. The predicted molar refractivity (Wildman–Crippen MR) is 186 cm³/mol. The van der Waals surface area contributed by atoms with Gasteiger partial charge < -0.3 is 28.7 Å². The average molecular weight is 657 g/mol. The van der Waals surface area contributed by atoms with Crippen molar-refractivity contribution in [2.24, 2.45) is 9.98 Å². The Hall–Kier alpha value is -5.64. The number of aliphatic imine (C=N–C) groups is 2. The van der Waals surface area contributed by atoms with Crippen LogP contribution in [0, 0.1) is 0 Å². The molecule has 4 aliphatic heterocycles. The zero-order valence-electron chi connectivity index (χ0n) is 27.4. The summed E-state index contributed by atoms with van der Waals surface area (Å²) in [6.07, 6.45) is 5.73. The molecule has 0 spiro atoms. The second kappa shape index (κ2) is 12.8. The number of ether oxygens (including phenoxy) is 4. The van der Waals surface area contributed by atoms with E-state index in [-0.39, 0.29) is 23.9 Å². The molecule has 0 fully saturated rings. The maximum atomic E-state index is 13.7. The zero-order chi connectivity index (χ0) is 33.5. The van der Waals surface area contributed by atoms with Crippen molar-refractivity contribution >= 4 is 35.6 Å². The van der Waals surface area contributed by atoms with Crippen LogP contribution in [0.4, 0.5) is 11.4 Å². The van der Waals surface area contributed by atoms with E-state index in [4.69, 9.17) is 28.9 Å². The van der Waals surface area contributed by atoms with Gasteiger partial charge in [-0.05, 0) is 47.2 Å². The van der Waals surface area contributed by atoms with E-state index in [0.717, 1.165) is 24.0 Å². The highest BCUT2D eigenvalue weighted by Crippen LogP contribution is 2.40. The lowest BCUT2D eigenvalue weighted by Crippen LogP contribution is -2.44. The zero-order valence-corrected chi connectivity index (χ0v) is 27.4. The van der Waals surface area contributed by atoms with Crippen molar-refractivity contribution in [3.63, 3.8) is 0 Å². The first-order chi connectivity index (χ1) is 24.0. The highest BCUT2D eigenvalue weighted by Gasteiger charge is 2.34. The van der Waals surface area contributed by atoms with Gasteiger partial charge in [0.05, 0.1) is 62.0 Å². The van der Waals surface area contributed by atoms with E-state index in [2.05, 4.69) is 24.3 Å². The lowest BCUT2D eigenvalue weighted by Gasteiger charge is -2.34. The summed E-state index contributed by atoms with van der Waals surface area (Å²) < 4.78 is 23.5. The molecule has 4 aromatic carbocycles. The van der Waals surface area contributed by atoms with E-state index >= 15 is 0 Å². The summed E-state index contributed by atoms with van der Waals surface area (Å²) in [5.74, 6) is 1.79. The molecule has 0 saturated carbocycles. The number of amides is 2. The van der Waals surface area contributed by atoms with Gasteiger partial charge in [-0.15, -0.1) is 0 Å². The SMILES string of the molecule is COc1cc2c(cc1OCCCOc1cc3c(cc1OC)C(=O)N1Cc4ccccc4CC1C=N3)N=CC1Cc3ccccc3CN1C2=O. The maximum absolute atomic E-state index is 13.7. The van der Waals surface area contributed by atoms with E-state index in [0.29, 0.717) is 78.2 Å². The lowest BCUT2D eigenvalue weighted by molar-refractivity contribution is 0.0696. The van der Waals surface area contributed by atoms with E-state index < -0.39 is 0 Å². The summed E-state index contributed by atoms with van der Waals surface area (Å²) in [6.45, 7) is 1.74. The Kier molecular flexibility index (Phi) is 7.99. The summed E-state index contributed by atoms with van der Waals surface area (Å²) in [7, 11) is 3.12. The van der Waals surface area contributed by atoms with Crippen LogP contribution in [0.3, 0.4) is 0 Å². The van der Waals surface area contributed by atoms with Crippen molar-refractivity contribution in [2.75, 3.05) is 27.4 Å². The van der Waals surface area contributed by atoms with E-state index in [1.165, 1.54) is 11.1 Å². The van der Waals surface area contributed by atoms with Crippen LogP contribution in [-0.2, 0) is 25.9 Å². The fourth-order valence-electron chi connectivity index (χ4n) is 7.07. The maximum Gasteiger partial charge on any atom is 0.257 e. The molecule has 0 bridgehead atoms. The summed E-state index contributed by atoms with van der Waals surface area (Å²) in [6, 6.07) is 23.2. The Morgan fingerprint density at radius 1 is 0.612 bits per heavy atom. The number of benzene rings is 4. The average Bonchev–Trinajstić information content (AvgIpc) is 3.35. The van der Waals surface area contributed by atoms with Crippen molar-refractivity contribution in [1.82, 2.24) is 9.80 Å². The van der Waals surface area contributed by atoms with Crippen molar-refractivity contribution < 1.29 is 28.5 Å². The highest BCUT2D eigenvalue weighted by molar-refractivity contribution is 6.04. The Morgan fingerprint density at radius 3 is 1.47 bits per heavy atom. The van der Waals surface area contributed by atoms with Crippen molar-refractivity contribution in [3.8, 4) is 23.0 Å². The molecule has 2 atom stereocenters. The molecule has 8 rings (SSSR count). The Labute approximate surface area is 284 Å². The molecule has 49 heavy (non-hydrogen) atoms. The van der Waals surface area contributed by atoms with Gasteiger partial charge >= 0.3 is 0 Å². The van der Waals surface area contributed by atoms with Gasteiger partial charge in [0.1, 0.15) is 0 Å². The lowest BCUT2D eigenvalue weighted by atomic mass is 9.94. The number of carbonyl (C=O) groups is 2. The van der Waals surface area contributed by atoms with E-state index in [1.807, 2.05) is 46.5 Å². The second-order valence-electron chi connectivity index (χ2n) is 12.6. The Morgan fingerprint density at radius 2 is 1.04 bits per heavy atom. The molecule has 0 radical (unpaired) electrons. The largest absolute Gasteiger partial charge is 0.493 e. The molecule has 10 heteroatoms. The number of hydrogen-bond acceptors (Lipinski definition) is 8. The smallest absolute Gasteiger partial charge is 0.257 e. The number of carbonyl (C=O) groups excluding carboxylic acids is 2. The molecule has 2 amide bonds. The molecule has 4 aromatic rings. The number of fused-ring (bicyclic) bond motifs is 6. The van der Waals surface area contributed by atoms with Crippen LogP contribution in [0.5, 0.6) is 23.0 Å². The van der Waals surface area contributed by atoms with Gasteiger partial charge in [-0.2, -0.15) is 0 Å². The van der Waals surface area contributed by atoms with Crippen LogP contribution in [0.1, 0.15) is 49.4 Å². The fraction of sp³-hybridized carbons (Fsp3) is 0.282. The molecule has 0 saturated heterocycles. The number of rotatable bonds is 8. The summed E-state index contributed by atoms with van der Waals surface area (Å²) in [4.78, 5) is 40.5. The van der Waals surface area contributed by atoms with Crippen molar-refractivity contribution in [3.05, 3.63) is 106 Å². The monoisotopic (exact) mass is 656 g/mol. The topological polar surface area (TPSA) is 102 Å². The summed E-state index contributed by atoms with van der Waals surface area (Å²) in [5.41, 5.74) is 6.88. The van der Waals surface area contributed by atoms with Gasteiger partial charge in [0.15, 0.2) is 23.0 Å². The van der Waals surface area contributed by atoms with Crippen LogP contribution in [-0.4, -0.2) is 73.6 Å². The molecule has 0 aromatic heterocycles. The molecule has 4 aliphatic rings. The van der Waals surface area contributed by atoms with E-state index in [1.54, 1.807) is 38.5 Å². The first kappa shape index (κ1) is 30.7. The molecule has 4 heterocycles. The van der Waals surface area contributed by atoms with Crippen LogP contribution >= 0.6 is 0 Å². The number of methoxy groups -OCH3 is 2. The van der Waals surface area contributed by atoms with E-state index in [9.17, 15) is 9.59 Å². The molecule has 10 nitrogen and oxygen atoms in total. The normalized spacial score (nSPS) is 18.6. The third-order valence-corrected chi connectivity index (χ3v) is 9.70. The van der Waals surface area contributed by atoms with Gasteiger partial charge in [0.2, 0.25) is 0 Å². The molecule has 2 unspecified atom stereocenters. The quantitative estimate of drug-likeness (QED) is 0.212. The number of hydrogen-bond donors (Lipinski definition) is 0. The molecular formula is C39H36N4O6. The van der Waals surface area contributed by atoms with Gasteiger partial charge in [0.25, 0.3) is 11.8 Å². The standard InChI is InChI=1S/C39H36N4O6/c1-46-34-16-30-32(40-20-28-14-24-8-3-5-10-26(24)22-42(28)38(30)44)18-36(34)48-12-7-13-49-37-19-33-31(17-35(37)47-2)39(45)43-23-27-11-6-4-9-25(27)15-29(43)21-41-33/h3-6,8-11,16-21,28-29H,7,12-15,22-23H2,1-2H3. The number of nitrogens with zero attached hydrogens (tertiary/aromatic N) is 4. The third kappa shape index (κ3) is 5.67. The molecular weight excluding hydrogens is 620 g/mol. The minimum Gasteiger partial charge on any atom is -0.493 e. The third-order valence-electron chi connectivity index (χ3n) is 9.70. The van der Waals surface area contributed by atoms with Crippen LogP contribution in [0.2, 0.25) is 0 Å². The summed E-state index contributed by atoms with van der Waals surface area (Å²) in [5, 5.41) is 0. The van der Waals surface area contributed by atoms with Crippen molar-refractivity contribution in [1.29, 1.82) is 0 Å². The summed E-state index contributed by atoms with van der Waals surface area (Å²) >= 11 is 0.